The van der Waals surface area contributed by atoms with Crippen LogP contribution in [0.2, 0.25) is 0 Å². The van der Waals surface area contributed by atoms with Gasteiger partial charge in [-0.3, -0.25) is 14.4 Å². The third kappa shape index (κ3) is 4.11. The van der Waals surface area contributed by atoms with Gasteiger partial charge in [-0.2, -0.15) is 0 Å². The minimum absolute atomic E-state index is 0.0302. The lowest BCUT2D eigenvalue weighted by atomic mass is 9.90. The van der Waals surface area contributed by atoms with Crippen LogP contribution in [0.25, 0.3) is 0 Å². The standard InChI is InChI=1S/C20H22BrN3O4/c1-2-3-8-24-16-10-15(14(21)9-17(16)28-11-18(24)25)23-20(27)13-7-5-4-6-12(13)19(22)26/h2-3,9-10H,4-8,11H2,1H3,(H2,22,26)(H,23,27)/b3-2+. The lowest BCUT2D eigenvalue weighted by Crippen LogP contribution is -2.39. The van der Waals surface area contributed by atoms with Crippen LogP contribution in [0.1, 0.15) is 32.6 Å². The zero-order valence-corrected chi connectivity index (χ0v) is 17.2. The highest BCUT2D eigenvalue weighted by Gasteiger charge is 2.27. The van der Waals surface area contributed by atoms with Gasteiger partial charge in [-0.15, -0.1) is 0 Å². The van der Waals surface area contributed by atoms with Gasteiger partial charge in [0.25, 0.3) is 11.8 Å². The smallest absolute Gasteiger partial charge is 0.265 e. The van der Waals surface area contributed by atoms with Crippen LogP contribution in [-0.4, -0.2) is 30.9 Å². The number of benzene rings is 1. The van der Waals surface area contributed by atoms with Gasteiger partial charge in [0.05, 0.1) is 11.4 Å². The van der Waals surface area contributed by atoms with Crippen LogP contribution in [-0.2, 0) is 14.4 Å². The first-order valence-electron chi connectivity index (χ1n) is 9.13. The minimum atomic E-state index is -0.550. The van der Waals surface area contributed by atoms with E-state index < -0.39 is 5.91 Å². The third-order valence-corrected chi connectivity index (χ3v) is 5.46. The molecule has 0 aromatic heterocycles. The maximum Gasteiger partial charge on any atom is 0.265 e. The van der Waals surface area contributed by atoms with Crippen molar-refractivity contribution in [3.63, 3.8) is 0 Å². The number of anilines is 2. The van der Waals surface area contributed by atoms with Gasteiger partial charge in [-0.25, -0.2) is 0 Å². The lowest BCUT2D eigenvalue weighted by molar-refractivity contribution is -0.121. The molecule has 1 aliphatic carbocycles. The molecule has 0 bridgehead atoms. The lowest BCUT2D eigenvalue weighted by Gasteiger charge is -2.29. The number of carbonyl (C=O) groups excluding carboxylic acids is 3. The van der Waals surface area contributed by atoms with E-state index in [1.54, 1.807) is 17.0 Å². The summed E-state index contributed by atoms with van der Waals surface area (Å²) in [5, 5.41) is 2.84. The molecule has 28 heavy (non-hydrogen) atoms. The molecule has 3 N–H and O–H groups in total. The van der Waals surface area contributed by atoms with E-state index in [-0.39, 0.29) is 18.4 Å². The molecule has 0 spiro atoms. The summed E-state index contributed by atoms with van der Waals surface area (Å²) in [7, 11) is 0. The Morgan fingerprint density at radius 3 is 2.68 bits per heavy atom. The van der Waals surface area contributed by atoms with E-state index in [1.807, 2.05) is 19.1 Å². The maximum absolute atomic E-state index is 12.8. The Labute approximate surface area is 171 Å². The first-order chi connectivity index (χ1) is 13.4. The first-order valence-corrected chi connectivity index (χ1v) is 9.92. The molecule has 7 nitrogen and oxygen atoms in total. The SMILES string of the molecule is C/C=C/CN1C(=O)COc2cc(Br)c(NC(=O)C3=C(C(N)=O)CCCC3)cc21. The van der Waals surface area contributed by atoms with Crippen LogP contribution in [0.4, 0.5) is 11.4 Å². The molecule has 0 saturated heterocycles. The van der Waals surface area contributed by atoms with Gasteiger partial charge in [0, 0.05) is 22.2 Å². The number of nitrogens with two attached hydrogens (primary N) is 1. The quantitative estimate of drug-likeness (QED) is 0.676. The number of carbonyl (C=O) groups is 3. The molecule has 0 fully saturated rings. The minimum Gasteiger partial charge on any atom is -0.482 e. The molecule has 3 rings (SSSR count). The second kappa shape index (κ2) is 8.60. The predicted octanol–water partition coefficient (Wildman–Crippen LogP) is 3.05. The van der Waals surface area contributed by atoms with Crippen molar-refractivity contribution in [2.75, 3.05) is 23.4 Å². The van der Waals surface area contributed by atoms with Gasteiger partial charge < -0.3 is 20.7 Å². The molecule has 1 aromatic rings. The molecular formula is C20H22BrN3O4. The number of fused-ring (bicyclic) bond motifs is 1. The average Bonchev–Trinajstić information content (AvgIpc) is 2.68. The topological polar surface area (TPSA) is 102 Å². The molecule has 1 aliphatic heterocycles. The fraction of sp³-hybridized carbons (Fsp3) is 0.350. The second-order valence-corrected chi connectivity index (χ2v) is 7.50. The van der Waals surface area contributed by atoms with E-state index in [0.29, 0.717) is 52.1 Å². The number of rotatable bonds is 5. The highest BCUT2D eigenvalue weighted by Crippen LogP contribution is 2.39. The second-order valence-electron chi connectivity index (χ2n) is 6.64. The normalized spacial score (nSPS) is 16.8. The number of amides is 3. The van der Waals surface area contributed by atoms with Gasteiger partial charge in [0.15, 0.2) is 6.61 Å². The number of nitrogens with one attached hydrogen (secondary N) is 1. The van der Waals surface area contributed by atoms with Gasteiger partial charge in [-0.05, 0) is 60.7 Å². The first kappa shape index (κ1) is 20.1. The van der Waals surface area contributed by atoms with Gasteiger partial charge in [0.2, 0.25) is 5.91 Å². The van der Waals surface area contributed by atoms with Crippen LogP contribution in [0.5, 0.6) is 5.75 Å². The molecule has 8 heteroatoms. The fourth-order valence-electron chi connectivity index (χ4n) is 3.35. The molecule has 0 atom stereocenters. The van der Waals surface area contributed by atoms with Gasteiger partial charge in [-0.1, -0.05) is 12.2 Å². The number of nitrogens with zero attached hydrogens (tertiary/aromatic N) is 1. The number of hydrogen-bond donors (Lipinski definition) is 2. The van der Waals surface area contributed by atoms with Crippen LogP contribution < -0.4 is 20.7 Å². The largest absolute Gasteiger partial charge is 0.482 e. The molecule has 0 unspecified atom stereocenters. The Hall–Kier alpha value is -2.61. The highest BCUT2D eigenvalue weighted by atomic mass is 79.9. The Balaban J connectivity index is 1.93. The summed E-state index contributed by atoms with van der Waals surface area (Å²) in [5.41, 5.74) is 7.34. The summed E-state index contributed by atoms with van der Waals surface area (Å²) in [5.74, 6) is -0.497. The van der Waals surface area contributed by atoms with Crippen molar-refractivity contribution < 1.29 is 19.1 Å². The van der Waals surface area contributed by atoms with Crippen molar-refractivity contribution in [2.45, 2.75) is 32.6 Å². The van der Waals surface area contributed by atoms with Crippen LogP contribution in [0.3, 0.4) is 0 Å². The third-order valence-electron chi connectivity index (χ3n) is 4.80. The number of allylic oxidation sites excluding steroid dienone is 1. The Morgan fingerprint density at radius 1 is 1.29 bits per heavy atom. The summed E-state index contributed by atoms with van der Waals surface area (Å²) in [6.07, 6.45) is 6.45. The van der Waals surface area contributed by atoms with Gasteiger partial charge in [0.1, 0.15) is 5.75 Å². The molecule has 1 heterocycles. The van der Waals surface area contributed by atoms with Crippen molar-refractivity contribution in [1.82, 2.24) is 0 Å². The van der Waals surface area contributed by atoms with Gasteiger partial charge >= 0.3 is 0 Å². The Kier molecular flexibility index (Phi) is 6.18. The van der Waals surface area contributed by atoms with E-state index in [1.165, 1.54) is 0 Å². The summed E-state index contributed by atoms with van der Waals surface area (Å²) >= 11 is 3.44. The summed E-state index contributed by atoms with van der Waals surface area (Å²) in [6.45, 7) is 2.27. The molecule has 0 radical (unpaired) electrons. The zero-order chi connectivity index (χ0) is 20.3. The predicted molar refractivity (Wildman–Crippen MR) is 110 cm³/mol. The summed E-state index contributed by atoms with van der Waals surface area (Å²) < 4.78 is 6.15. The number of hydrogen-bond acceptors (Lipinski definition) is 4. The number of halogens is 1. The van der Waals surface area contributed by atoms with E-state index in [4.69, 9.17) is 10.5 Å². The summed E-state index contributed by atoms with van der Waals surface area (Å²) in [4.78, 5) is 38.3. The Bertz CT molecular complexity index is 892. The summed E-state index contributed by atoms with van der Waals surface area (Å²) in [6, 6.07) is 3.43. The van der Waals surface area contributed by atoms with E-state index in [9.17, 15) is 14.4 Å². The molecule has 148 valence electrons. The molecule has 3 amide bonds. The van der Waals surface area contributed by atoms with Crippen molar-refractivity contribution in [3.05, 3.63) is 39.9 Å². The van der Waals surface area contributed by atoms with Crippen molar-refractivity contribution in [3.8, 4) is 5.75 Å². The van der Waals surface area contributed by atoms with E-state index in [0.717, 1.165) is 12.8 Å². The molecule has 0 saturated carbocycles. The highest BCUT2D eigenvalue weighted by molar-refractivity contribution is 9.10. The average molecular weight is 448 g/mol. The van der Waals surface area contributed by atoms with Crippen molar-refractivity contribution in [2.24, 2.45) is 5.73 Å². The van der Waals surface area contributed by atoms with Crippen LogP contribution >= 0.6 is 15.9 Å². The molecule has 2 aliphatic rings. The monoisotopic (exact) mass is 447 g/mol. The Morgan fingerprint density at radius 2 is 2.00 bits per heavy atom. The zero-order valence-electron chi connectivity index (χ0n) is 15.6. The maximum atomic E-state index is 12.8. The van der Waals surface area contributed by atoms with E-state index in [2.05, 4.69) is 21.2 Å². The number of primary amides is 1. The van der Waals surface area contributed by atoms with E-state index >= 15 is 0 Å². The fourth-order valence-corrected chi connectivity index (χ4v) is 3.78. The molecular weight excluding hydrogens is 426 g/mol. The van der Waals surface area contributed by atoms with Crippen LogP contribution in [0, 0.1) is 0 Å². The van der Waals surface area contributed by atoms with Crippen molar-refractivity contribution in [1.29, 1.82) is 0 Å². The van der Waals surface area contributed by atoms with Crippen molar-refractivity contribution >= 4 is 45.0 Å². The molecule has 1 aromatic carbocycles. The number of ether oxygens (including phenoxy) is 1. The van der Waals surface area contributed by atoms with Crippen LogP contribution in [0.15, 0.2) is 39.9 Å².